The minimum Gasteiger partial charge on any atom is -0.393 e. The Labute approximate surface area is 119 Å². The summed E-state index contributed by atoms with van der Waals surface area (Å²) in [6.45, 7) is -0.0147. The molecule has 0 unspecified atom stereocenters. The molecule has 1 heterocycles. The maximum absolute atomic E-state index is 12.3. The van der Waals surface area contributed by atoms with Crippen LogP contribution in [-0.4, -0.2) is 39.9 Å². The van der Waals surface area contributed by atoms with E-state index in [1.165, 1.54) is 13.4 Å². The van der Waals surface area contributed by atoms with Crippen molar-refractivity contribution in [2.75, 3.05) is 12.8 Å². The van der Waals surface area contributed by atoms with Crippen molar-refractivity contribution in [2.24, 2.45) is 0 Å². The van der Waals surface area contributed by atoms with Gasteiger partial charge in [-0.2, -0.15) is 9.40 Å². The number of nitrogens with two attached hydrogens (primary N) is 1. The van der Waals surface area contributed by atoms with Gasteiger partial charge >= 0.3 is 0 Å². The first-order valence-corrected chi connectivity index (χ1v) is 7.11. The normalized spacial score (nSPS) is 11.7. The maximum atomic E-state index is 12.3. The highest BCUT2D eigenvalue weighted by atomic mass is 32.2. The fraction of sp³-hybridized carbons (Fsp3) is 0.200. The average Bonchev–Trinajstić information content (AvgIpc) is 2.90. The predicted octanol–water partition coefficient (Wildman–Crippen LogP) is 0.116. The SMILES string of the molecule is CN(Cc1ncn[nH]1)S(=O)(=O)c1ccc([N+](=O)[O-])c(N)c1. The van der Waals surface area contributed by atoms with Crippen LogP contribution in [0.15, 0.2) is 29.4 Å². The minimum atomic E-state index is -3.84. The van der Waals surface area contributed by atoms with Gasteiger partial charge in [-0.15, -0.1) is 0 Å². The van der Waals surface area contributed by atoms with Crippen LogP contribution in [0.4, 0.5) is 11.4 Å². The number of aromatic nitrogens is 3. The van der Waals surface area contributed by atoms with Gasteiger partial charge in [-0.3, -0.25) is 15.2 Å². The summed E-state index contributed by atoms with van der Waals surface area (Å²) >= 11 is 0. The smallest absolute Gasteiger partial charge is 0.292 e. The Hall–Kier alpha value is -2.53. The van der Waals surface area contributed by atoms with E-state index >= 15 is 0 Å². The number of nitrogens with one attached hydrogen (secondary N) is 1. The van der Waals surface area contributed by atoms with Crippen molar-refractivity contribution in [3.05, 3.63) is 40.5 Å². The number of anilines is 1. The third-order valence-electron chi connectivity index (χ3n) is 2.74. The van der Waals surface area contributed by atoms with Gasteiger partial charge in [-0.1, -0.05) is 0 Å². The van der Waals surface area contributed by atoms with Crippen LogP contribution in [0.25, 0.3) is 0 Å². The first-order valence-electron chi connectivity index (χ1n) is 5.67. The summed E-state index contributed by atoms with van der Waals surface area (Å²) in [5, 5.41) is 16.8. The van der Waals surface area contributed by atoms with Gasteiger partial charge in [0, 0.05) is 13.1 Å². The monoisotopic (exact) mass is 312 g/mol. The molecule has 3 N–H and O–H groups in total. The van der Waals surface area contributed by atoms with E-state index in [0.717, 1.165) is 22.5 Å². The second kappa shape index (κ2) is 5.46. The zero-order valence-electron chi connectivity index (χ0n) is 10.9. The van der Waals surface area contributed by atoms with Crippen molar-refractivity contribution >= 4 is 21.4 Å². The van der Waals surface area contributed by atoms with Crippen LogP contribution in [0.5, 0.6) is 0 Å². The molecule has 1 aromatic carbocycles. The molecule has 0 saturated heterocycles. The van der Waals surface area contributed by atoms with Gasteiger partial charge < -0.3 is 5.73 Å². The number of H-pyrrole nitrogens is 1. The van der Waals surface area contributed by atoms with Crippen molar-refractivity contribution in [2.45, 2.75) is 11.4 Å². The molecule has 0 aliphatic carbocycles. The molecule has 2 aromatic rings. The van der Waals surface area contributed by atoms with Crippen LogP contribution in [0.3, 0.4) is 0 Å². The molecule has 1 aromatic heterocycles. The zero-order valence-corrected chi connectivity index (χ0v) is 11.7. The van der Waals surface area contributed by atoms with Crippen LogP contribution < -0.4 is 5.73 Å². The molecule has 0 saturated carbocycles. The number of nitro benzene ring substituents is 1. The Kier molecular flexibility index (Phi) is 3.86. The predicted molar refractivity (Wildman–Crippen MR) is 72.5 cm³/mol. The molecule has 2 rings (SSSR count). The summed E-state index contributed by atoms with van der Waals surface area (Å²) < 4.78 is 25.7. The number of hydrogen-bond donors (Lipinski definition) is 2. The van der Waals surface area contributed by atoms with Crippen molar-refractivity contribution in [3.63, 3.8) is 0 Å². The van der Waals surface area contributed by atoms with E-state index < -0.39 is 14.9 Å². The van der Waals surface area contributed by atoms with E-state index in [1.54, 1.807) is 0 Å². The van der Waals surface area contributed by atoms with Gasteiger partial charge in [0.25, 0.3) is 5.69 Å². The van der Waals surface area contributed by atoms with Gasteiger partial charge in [0.15, 0.2) is 0 Å². The van der Waals surface area contributed by atoms with E-state index in [1.807, 2.05) is 0 Å². The van der Waals surface area contributed by atoms with Gasteiger partial charge in [-0.25, -0.2) is 13.4 Å². The van der Waals surface area contributed by atoms with Crippen LogP contribution in [0, 0.1) is 10.1 Å². The average molecular weight is 312 g/mol. The molecule has 21 heavy (non-hydrogen) atoms. The summed E-state index contributed by atoms with van der Waals surface area (Å²) in [6, 6.07) is 3.26. The van der Waals surface area contributed by atoms with Crippen molar-refractivity contribution in [3.8, 4) is 0 Å². The second-order valence-corrected chi connectivity index (χ2v) is 6.22. The first-order chi connectivity index (χ1) is 9.82. The third-order valence-corrected chi connectivity index (χ3v) is 4.54. The molecule has 0 amide bonds. The van der Waals surface area contributed by atoms with E-state index in [0.29, 0.717) is 5.82 Å². The summed E-state index contributed by atoms with van der Waals surface area (Å²) in [6.07, 6.45) is 1.26. The molecule has 0 fully saturated rings. The van der Waals surface area contributed by atoms with Crippen LogP contribution in [-0.2, 0) is 16.6 Å². The molecule has 0 aliphatic rings. The summed E-state index contributed by atoms with van der Waals surface area (Å²) in [5.74, 6) is 0.371. The molecular formula is C10H12N6O4S. The number of nitrogen functional groups attached to an aromatic ring is 1. The molecule has 0 bridgehead atoms. The number of nitrogens with zero attached hydrogens (tertiary/aromatic N) is 4. The fourth-order valence-electron chi connectivity index (χ4n) is 1.64. The highest BCUT2D eigenvalue weighted by Gasteiger charge is 2.24. The lowest BCUT2D eigenvalue weighted by Gasteiger charge is -2.15. The molecule has 11 heteroatoms. The molecule has 0 atom stereocenters. The third kappa shape index (κ3) is 2.98. The van der Waals surface area contributed by atoms with Gasteiger partial charge in [0.1, 0.15) is 17.8 Å². The molecular weight excluding hydrogens is 300 g/mol. The lowest BCUT2D eigenvalue weighted by atomic mass is 10.3. The molecule has 112 valence electrons. The zero-order chi connectivity index (χ0) is 15.6. The lowest BCUT2D eigenvalue weighted by Crippen LogP contribution is -2.27. The second-order valence-electron chi connectivity index (χ2n) is 4.17. The molecule has 0 radical (unpaired) electrons. The van der Waals surface area contributed by atoms with Crippen LogP contribution in [0.1, 0.15) is 5.82 Å². The van der Waals surface area contributed by atoms with E-state index in [2.05, 4.69) is 15.2 Å². The molecule has 0 spiro atoms. The highest BCUT2D eigenvalue weighted by Crippen LogP contribution is 2.26. The minimum absolute atomic E-state index is 0.0147. The number of hydrogen-bond acceptors (Lipinski definition) is 7. The number of aromatic amines is 1. The van der Waals surface area contributed by atoms with Gasteiger partial charge in [0.05, 0.1) is 16.4 Å². The lowest BCUT2D eigenvalue weighted by molar-refractivity contribution is -0.383. The largest absolute Gasteiger partial charge is 0.393 e. The Morgan fingerprint density at radius 2 is 2.19 bits per heavy atom. The van der Waals surface area contributed by atoms with Crippen LogP contribution >= 0.6 is 0 Å². The first kappa shape index (κ1) is 14.9. The van der Waals surface area contributed by atoms with Crippen molar-refractivity contribution in [1.82, 2.24) is 19.5 Å². The van der Waals surface area contributed by atoms with Gasteiger partial charge in [0.2, 0.25) is 10.0 Å². The Bertz CT molecular complexity index is 758. The number of nitro groups is 1. The van der Waals surface area contributed by atoms with Gasteiger partial charge in [-0.05, 0) is 12.1 Å². The summed E-state index contributed by atoms with van der Waals surface area (Å²) in [7, 11) is -2.48. The topological polar surface area (TPSA) is 148 Å². The number of rotatable bonds is 5. The Morgan fingerprint density at radius 1 is 1.48 bits per heavy atom. The van der Waals surface area contributed by atoms with E-state index in [4.69, 9.17) is 5.73 Å². The van der Waals surface area contributed by atoms with E-state index in [-0.39, 0.29) is 22.8 Å². The quantitative estimate of drug-likeness (QED) is 0.452. The summed E-state index contributed by atoms with van der Waals surface area (Å²) in [5.41, 5.74) is 4.95. The Balaban J connectivity index is 2.31. The maximum Gasteiger partial charge on any atom is 0.292 e. The van der Waals surface area contributed by atoms with Crippen LogP contribution in [0.2, 0.25) is 0 Å². The number of benzene rings is 1. The number of sulfonamides is 1. The fourth-order valence-corrected chi connectivity index (χ4v) is 2.81. The standard InChI is InChI=1S/C10H12N6O4S/c1-15(5-10-12-6-13-14-10)21(19,20)7-2-3-9(16(17)18)8(11)4-7/h2-4,6H,5,11H2,1H3,(H,12,13,14). The highest BCUT2D eigenvalue weighted by molar-refractivity contribution is 7.89. The van der Waals surface area contributed by atoms with Crippen molar-refractivity contribution in [1.29, 1.82) is 0 Å². The summed E-state index contributed by atoms with van der Waals surface area (Å²) in [4.78, 5) is 13.7. The van der Waals surface area contributed by atoms with E-state index in [9.17, 15) is 18.5 Å². The molecule has 10 nitrogen and oxygen atoms in total. The molecule has 0 aliphatic heterocycles. The van der Waals surface area contributed by atoms with Crippen molar-refractivity contribution < 1.29 is 13.3 Å². The Morgan fingerprint density at radius 3 is 2.71 bits per heavy atom.